The third kappa shape index (κ3) is 1.92. The van der Waals surface area contributed by atoms with Crippen molar-refractivity contribution in [1.29, 1.82) is 0 Å². The van der Waals surface area contributed by atoms with E-state index in [1.54, 1.807) is 7.11 Å². The summed E-state index contributed by atoms with van der Waals surface area (Å²) in [6.45, 7) is 2.88. The van der Waals surface area contributed by atoms with Crippen LogP contribution in [0.1, 0.15) is 12.7 Å². The van der Waals surface area contributed by atoms with E-state index in [1.807, 2.05) is 25.1 Å². The molecule has 0 fully saturated rings. The van der Waals surface area contributed by atoms with Crippen LogP contribution in [0.3, 0.4) is 0 Å². The molecule has 3 aromatic rings. The van der Waals surface area contributed by atoms with Gasteiger partial charge < -0.3 is 15.2 Å². The Morgan fingerprint density at radius 2 is 2.15 bits per heavy atom. The maximum atomic E-state index is 5.94. The summed E-state index contributed by atoms with van der Waals surface area (Å²) >= 11 is 0. The topological polar surface area (TPSA) is 87.6 Å². The van der Waals surface area contributed by atoms with Crippen molar-refractivity contribution in [3.63, 3.8) is 0 Å². The van der Waals surface area contributed by atoms with Gasteiger partial charge in [0.25, 0.3) is 0 Å². The van der Waals surface area contributed by atoms with E-state index in [9.17, 15) is 0 Å². The zero-order chi connectivity index (χ0) is 14.1. The molecule has 7 nitrogen and oxygen atoms in total. The molecule has 0 atom stereocenters. The van der Waals surface area contributed by atoms with Crippen LogP contribution in [0.15, 0.2) is 18.2 Å². The Morgan fingerprint density at radius 1 is 1.30 bits per heavy atom. The van der Waals surface area contributed by atoms with Gasteiger partial charge in [-0.15, -0.1) is 5.10 Å². The lowest BCUT2D eigenvalue weighted by molar-refractivity contribution is 0.128. The van der Waals surface area contributed by atoms with E-state index in [0.29, 0.717) is 36.0 Å². The summed E-state index contributed by atoms with van der Waals surface area (Å²) in [6, 6.07) is 5.64. The monoisotopic (exact) mass is 273 g/mol. The third-order valence-electron chi connectivity index (χ3n) is 2.99. The number of fused-ring (bicyclic) bond motifs is 3. The first-order valence-corrected chi connectivity index (χ1v) is 6.30. The molecular formula is C13H15N5O2. The largest absolute Gasteiger partial charge is 0.494 e. The summed E-state index contributed by atoms with van der Waals surface area (Å²) in [5.41, 5.74) is 7.27. The highest BCUT2D eigenvalue weighted by molar-refractivity contribution is 5.95. The maximum absolute atomic E-state index is 5.94. The van der Waals surface area contributed by atoms with Crippen molar-refractivity contribution in [3.8, 4) is 5.75 Å². The number of nitrogens with two attached hydrogens (primary N) is 1. The molecule has 2 aromatic heterocycles. The summed E-state index contributed by atoms with van der Waals surface area (Å²) < 4.78 is 12.1. The van der Waals surface area contributed by atoms with Gasteiger partial charge in [-0.25, -0.2) is 9.97 Å². The van der Waals surface area contributed by atoms with Crippen molar-refractivity contribution in [2.24, 2.45) is 0 Å². The van der Waals surface area contributed by atoms with Gasteiger partial charge in [-0.2, -0.15) is 4.52 Å². The maximum Gasteiger partial charge on any atom is 0.223 e. The van der Waals surface area contributed by atoms with Crippen molar-refractivity contribution < 1.29 is 9.47 Å². The summed E-state index contributed by atoms with van der Waals surface area (Å²) in [7, 11) is 1.60. The smallest absolute Gasteiger partial charge is 0.223 e. The summed E-state index contributed by atoms with van der Waals surface area (Å²) in [4.78, 5) is 8.81. The Morgan fingerprint density at radius 3 is 2.90 bits per heavy atom. The van der Waals surface area contributed by atoms with Crippen molar-refractivity contribution in [1.82, 2.24) is 19.6 Å². The Hall–Kier alpha value is -2.41. The van der Waals surface area contributed by atoms with E-state index in [-0.39, 0.29) is 5.95 Å². The number of para-hydroxylation sites is 1. The Kier molecular flexibility index (Phi) is 3.11. The van der Waals surface area contributed by atoms with Crippen LogP contribution in [-0.4, -0.2) is 33.3 Å². The molecule has 7 heteroatoms. The minimum Gasteiger partial charge on any atom is -0.494 e. The number of benzene rings is 1. The number of anilines is 1. The van der Waals surface area contributed by atoms with E-state index in [1.165, 1.54) is 4.52 Å². The van der Waals surface area contributed by atoms with Crippen LogP contribution in [0, 0.1) is 0 Å². The van der Waals surface area contributed by atoms with Crippen LogP contribution in [0.25, 0.3) is 16.6 Å². The summed E-state index contributed by atoms with van der Waals surface area (Å²) in [5, 5.41) is 5.15. The quantitative estimate of drug-likeness (QED) is 0.773. The number of rotatable bonds is 4. The van der Waals surface area contributed by atoms with Crippen LogP contribution in [0.2, 0.25) is 0 Å². The second kappa shape index (κ2) is 4.93. The van der Waals surface area contributed by atoms with Gasteiger partial charge in [0.2, 0.25) is 5.95 Å². The van der Waals surface area contributed by atoms with Gasteiger partial charge in [-0.1, -0.05) is 6.07 Å². The molecule has 2 heterocycles. The average molecular weight is 273 g/mol. The zero-order valence-corrected chi connectivity index (χ0v) is 11.3. The van der Waals surface area contributed by atoms with Crippen molar-refractivity contribution >= 4 is 22.5 Å². The molecule has 0 aliphatic rings. The van der Waals surface area contributed by atoms with Crippen LogP contribution in [-0.2, 0) is 11.3 Å². The molecule has 0 amide bonds. The highest BCUT2D eigenvalue weighted by Gasteiger charge is 2.14. The number of hydrogen-bond donors (Lipinski definition) is 1. The second-order valence-corrected chi connectivity index (χ2v) is 4.23. The highest BCUT2D eigenvalue weighted by atomic mass is 16.5. The first kappa shape index (κ1) is 12.6. The Labute approximate surface area is 115 Å². The molecule has 2 N–H and O–H groups in total. The third-order valence-corrected chi connectivity index (χ3v) is 2.99. The molecule has 3 rings (SSSR count). The lowest BCUT2D eigenvalue weighted by Gasteiger charge is -2.06. The van der Waals surface area contributed by atoms with E-state index in [4.69, 9.17) is 15.2 Å². The first-order chi connectivity index (χ1) is 9.74. The first-order valence-electron chi connectivity index (χ1n) is 6.30. The van der Waals surface area contributed by atoms with Gasteiger partial charge in [0.05, 0.1) is 7.11 Å². The summed E-state index contributed by atoms with van der Waals surface area (Å²) in [6.07, 6.45) is 0. The van der Waals surface area contributed by atoms with Gasteiger partial charge in [-0.3, -0.25) is 0 Å². The fraction of sp³-hybridized carbons (Fsp3) is 0.308. The molecule has 0 aliphatic carbocycles. The van der Waals surface area contributed by atoms with E-state index in [0.717, 1.165) is 5.39 Å². The van der Waals surface area contributed by atoms with Gasteiger partial charge in [-0.05, 0) is 19.1 Å². The molecule has 0 unspecified atom stereocenters. The Bertz CT molecular complexity index is 768. The van der Waals surface area contributed by atoms with Crippen molar-refractivity contribution in [3.05, 3.63) is 24.0 Å². The van der Waals surface area contributed by atoms with Crippen molar-refractivity contribution in [2.75, 3.05) is 19.5 Å². The highest BCUT2D eigenvalue weighted by Crippen LogP contribution is 2.27. The van der Waals surface area contributed by atoms with Gasteiger partial charge in [0, 0.05) is 12.0 Å². The molecule has 0 radical (unpaired) electrons. The van der Waals surface area contributed by atoms with Gasteiger partial charge >= 0.3 is 0 Å². The number of hydrogen-bond acceptors (Lipinski definition) is 6. The summed E-state index contributed by atoms with van der Waals surface area (Å²) in [5.74, 6) is 1.51. The van der Waals surface area contributed by atoms with E-state index < -0.39 is 0 Å². The molecule has 0 saturated carbocycles. The lowest BCUT2D eigenvalue weighted by atomic mass is 10.2. The molecule has 0 spiro atoms. The van der Waals surface area contributed by atoms with E-state index >= 15 is 0 Å². The molecule has 104 valence electrons. The number of nitrogens with zero attached hydrogens (tertiary/aromatic N) is 4. The molecule has 0 bridgehead atoms. The second-order valence-electron chi connectivity index (χ2n) is 4.23. The van der Waals surface area contributed by atoms with Gasteiger partial charge in [0.1, 0.15) is 17.9 Å². The fourth-order valence-electron chi connectivity index (χ4n) is 2.09. The Balaban J connectivity index is 2.26. The molecule has 0 saturated heterocycles. The van der Waals surface area contributed by atoms with Crippen LogP contribution in [0.5, 0.6) is 5.75 Å². The van der Waals surface area contributed by atoms with Gasteiger partial charge in [0.15, 0.2) is 11.5 Å². The van der Waals surface area contributed by atoms with Crippen molar-refractivity contribution in [2.45, 2.75) is 13.5 Å². The normalized spacial score (nSPS) is 11.3. The SMILES string of the molecule is CCOCc1nc2c3cccc(OC)c3nc(N)n2n1. The predicted molar refractivity (Wildman–Crippen MR) is 74.6 cm³/mol. The van der Waals surface area contributed by atoms with Crippen LogP contribution >= 0.6 is 0 Å². The van der Waals surface area contributed by atoms with Crippen LogP contribution in [0.4, 0.5) is 5.95 Å². The standard InChI is InChI=1S/C13H15N5O2/c1-3-20-7-10-15-12-8-5-4-6-9(19-2)11(8)16-13(14)18(12)17-10/h4-6H,3,7H2,1-2H3,(H2,14,16). The molecule has 1 aromatic carbocycles. The lowest BCUT2D eigenvalue weighted by Crippen LogP contribution is -2.03. The van der Waals surface area contributed by atoms with Crippen LogP contribution < -0.4 is 10.5 Å². The minimum atomic E-state index is 0.271. The zero-order valence-electron chi connectivity index (χ0n) is 11.3. The number of nitrogen functional groups attached to an aromatic ring is 1. The molecule has 0 aliphatic heterocycles. The number of methoxy groups -OCH3 is 1. The number of aromatic nitrogens is 4. The molecule has 20 heavy (non-hydrogen) atoms. The minimum absolute atomic E-state index is 0.271. The fourth-order valence-corrected chi connectivity index (χ4v) is 2.09. The average Bonchev–Trinajstić information content (AvgIpc) is 2.90. The number of ether oxygens (including phenoxy) is 2. The van der Waals surface area contributed by atoms with E-state index in [2.05, 4.69) is 15.1 Å². The predicted octanol–water partition coefficient (Wildman–Crippen LogP) is 1.40. The molecular weight excluding hydrogens is 258 g/mol.